The van der Waals surface area contributed by atoms with E-state index >= 15 is 0 Å². The van der Waals surface area contributed by atoms with Gasteiger partial charge < -0.3 is 18.9 Å². The summed E-state index contributed by atoms with van der Waals surface area (Å²) in [5.74, 6) is 1.88. The average Bonchev–Trinajstić information content (AvgIpc) is 3.02. The van der Waals surface area contributed by atoms with Crippen LogP contribution in [0.15, 0.2) is 0 Å². The fourth-order valence-corrected chi connectivity index (χ4v) is 15.0. The predicted octanol–water partition coefficient (Wildman–Crippen LogP) is 10.7. The molecule has 9 heteroatoms. The van der Waals surface area contributed by atoms with E-state index in [-0.39, 0.29) is 10.8 Å². The molecule has 0 aromatic carbocycles. The topological polar surface area (TPSA) is 36.9 Å². The van der Waals surface area contributed by atoms with E-state index in [2.05, 4.69) is 41.5 Å². The Morgan fingerprint density at radius 1 is 0.395 bits per heavy atom. The van der Waals surface area contributed by atoms with Gasteiger partial charge in [-0.15, -0.1) is 0 Å². The number of ether oxygens (including phenoxy) is 4. The van der Waals surface area contributed by atoms with E-state index in [1.165, 1.54) is 102 Å². The first kappa shape index (κ1) is 44.3. The van der Waals surface area contributed by atoms with Crippen LogP contribution in [0.5, 0.6) is 0 Å². The standard InChI is InChI=1S/C34H74O4S3Si2/c1-7-13-19-25-35-33(36-26-20-14-8-2,42-29-23-17-11-5)31-39-41-40-32-34(37-27-21-15-9-3,38-28-22-16-10-4)43-30-24-18-12-6/h7-32,42-43H2,1-6H3. The van der Waals surface area contributed by atoms with Crippen LogP contribution in [0.3, 0.4) is 0 Å². The van der Waals surface area contributed by atoms with Crippen LogP contribution in [-0.2, 0) is 18.9 Å². The highest BCUT2D eigenvalue weighted by Gasteiger charge is 2.34. The van der Waals surface area contributed by atoms with E-state index in [1.54, 1.807) is 0 Å². The van der Waals surface area contributed by atoms with Crippen LogP contribution in [0.2, 0.25) is 12.1 Å². The molecule has 0 aromatic heterocycles. The van der Waals surface area contributed by atoms with Gasteiger partial charge in [-0.1, -0.05) is 165 Å². The zero-order valence-corrected chi connectivity index (χ0v) is 34.9. The Morgan fingerprint density at radius 2 is 0.674 bits per heavy atom. The molecule has 0 fully saturated rings. The zero-order valence-electron chi connectivity index (χ0n) is 29.7. The molecule has 0 saturated heterocycles. The molecule has 0 amide bonds. The molecule has 0 atom stereocenters. The molecular weight excluding hydrogens is 625 g/mol. The molecule has 0 unspecified atom stereocenters. The summed E-state index contributed by atoms with van der Waals surface area (Å²) in [5.41, 5.74) is -0.653. The lowest BCUT2D eigenvalue weighted by atomic mass is 10.3. The van der Waals surface area contributed by atoms with Crippen molar-refractivity contribution in [2.45, 2.75) is 180 Å². The second-order valence-electron chi connectivity index (χ2n) is 12.3. The van der Waals surface area contributed by atoms with Crippen LogP contribution in [0, 0.1) is 0 Å². The lowest BCUT2D eigenvalue weighted by Gasteiger charge is -2.35. The maximum Gasteiger partial charge on any atom is 0.154 e. The van der Waals surface area contributed by atoms with Crippen LogP contribution >= 0.6 is 31.4 Å². The first-order chi connectivity index (χ1) is 21.1. The minimum absolute atomic E-state index is 0.327. The van der Waals surface area contributed by atoms with E-state index in [4.69, 9.17) is 18.9 Å². The van der Waals surface area contributed by atoms with Gasteiger partial charge in [-0.2, -0.15) is 0 Å². The molecule has 0 heterocycles. The first-order valence-electron chi connectivity index (χ1n) is 18.5. The van der Waals surface area contributed by atoms with Crippen LogP contribution in [0.1, 0.15) is 157 Å². The molecule has 0 radical (unpaired) electrons. The molecule has 0 bridgehead atoms. The molecule has 0 saturated carbocycles. The summed E-state index contributed by atoms with van der Waals surface area (Å²) in [6.45, 7) is 17.0. The molecule has 260 valence electrons. The van der Waals surface area contributed by atoms with Crippen LogP contribution in [0.4, 0.5) is 0 Å². The highest BCUT2D eigenvalue weighted by molar-refractivity contribution is 9.09. The van der Waals surface area contributed by atoms with Gasteiger partial charge in [0.25, 0.3) is 0 Å². The van der Waals surface area contributed by atoms with E-state index in [1.807, 2.05) is 31.4 Å². The third-order valence-electron chi connectivity index (χ3n) is 7.93. The SMILES string of the molecule is CCCCCOC(CSSSCC(OCCCCC)(OCCCCC)[SiH2]CCCCC)(OCCCCC)[SiH2]CCCCC. The van der Waals surface area contributed by atoms with Gasteiger partial charge in [0.15, 0.2) is 10.8 Å². The molecule has 0 rings (SSSR count). The number of unbranched alkanes of at least 4 members (excludes halogenated alkanes) is 12. The quantitative estimate of drug-likeness (QED) is 0.0279. The molecule has 0 aliphatic carbocycles. The molecule has 43 heavy (non-hydrogen) atoms. The Hall–Kier alpha value is 1.32. The van der Waals surface area contributed by atoms with E-state index < -0.39 is 19.0 Å². The molecule has 4 nitrogen and oxygen atoms in total. The fraction of sp³-hybridized carbons (Fsp3) is 1.00. The van der Waals surface area contributed by atoms with Crippen LogP contribution in [-0.4, -0.2) is 67.8 Å². The van der Waals surface area contributed by atoms with Crippen LogP contribution < -0.4 is 0 Å². The second kappa shape index (κ2) is 33.2. The first-order valence-corrected chi connectivity index (χ1v) is 25.8. The normalized spacial score (nSPS) is 13.0. The summed E-state index contributed by atoms with van der Waals surface area (Å²) in [6, 6.07) is 2.63. The summed E-state index contributed by atoms with van der Waals surface area (Å²) in [6.07, 6.45) is 22.3. The van der Waals surface area contributed by atoms with Gasteiger partial charge in [0, 0.05) is 26.4 Å². The smallest absolute Gasteiger partial charge is 0.154 e. The summed E-state index contributed by atoms with van der Waals surface area (Å²) in [5, 5.41) is 0. The summed E-state index contributed by atoms with van der Waals surface area (Å²) in [4.78, 5) is 0. The summed E-state index contributed by atoms with van der Waals surface area (Å²) in [7, 11) is 4.82. The van der Waals surface area contributed by atoms with Crippen molar-refractivity contribution in [2.24, 2.45) is 0 Å². The van der Waals surface area contributed by atoms with Gasteiger partial charge in [-0.25, -0.2) is 0 Å². The fourth-order valence-electron chi connectivity index (χ4n) is 5.03. The molecule has 0 aliphatic rings. The molecule has 0 N–H and O–H groups in total. The number of hydrogen-bond acceptors (Lipinski definition) is 7. The Labute approximate surface area is 286 Å². The van der Waals surface area contributed by atoms with E-state index in [9.17, 15) is 0 Å². The van der Waals surface area contributed by atoms with Gasteiger partial charge in [-0.05, 0) is 35.5 Å². The predicted molar refractivity (Wildman–Crippen MR) is 206 cm³/mol. The highest BCUT2D eigenvalue weighted by Crippen LogP contribution is 2.40. The maximum absolute atomic E-state index is 6.72. The largest absolute Gasteiger partial charge is 0.354 e. The molecule has 0 aliphatic heterocycles. The Morgan fingerprint density at radius 3 is 0.953 bits per heavy atom. The minimum atomic E-state index is -0.512. The average molecular weight is 699 g/mol. The van der Waals surface area contributed by atoms with Crippen molar-refractivity contribution in [1.82, 2.24) is 0 Å². The molecule has 0 spiro atoms. The second-order valence-corrected chi connectivity index (χ2v) is 21.1. The van der Waals surface area contributed by atoms with Crippen molar-refractivity contribution in [3.8, 4) is 0 Å². The van der Waals surface area contributed by atoms with Crippen molar-refractivity contribution in [3.63, 3.8) is 0 Å². The lowest BCUT2D eigenvalue weighted by molar-refractivity contribution is -0.167. The van der Waals surface area contributed by atoms with Crippen molar-refractivity contribution in [3.05, 3.63) is 0 Å². The van der Waals surface area contributed by atoms with Gasteiger partial charge in [0.2, 0.25) is 0 Å². The summed E-state index contributed by atoms with van der Waals surface area (Å²) < 4.78 is 26.9. The van der Waals surface area contributed by atoms with Gasteiger partial charge >= 0.3 is 0 Å². The monoisotopic (exact) mass is 698 g/mol. The Balaban J connectivity index is 5.38. The minimum Gasteiger partial charge on any atom is -0.354 e. The number of rotatable bonds is 36. The van der Waals surface area contributed by atoms with Crippen molar-refractivity contribution in [2.75, 3.05) is 37.9 Å². The van der Waals surface area contributed by atoms with E-state index in [0.29, 0.717) is 0 Å². The van der Waals surface area contributed by atoms with Gasteiger partial charge in [-0.3, -0.25) is 0 Å². The van der Waals surface area contributed by atoms with Crippen molar-refractivity contribution >= 4 is 50.5 Å². The Kier molecular flexibility index (Phi) is 34.3. The highest BCUT2D eigenvalue weighted by atomic mass is 33.5. The lowest BCUT2D eigenvalue weighted by Crippen LogP contribution is -2.46. The zero-order chi connectivity index (χ0) is 31.7. The van der Waals surface area contributed by atoms with Gasteiger partial charge in [0.05, 0.1) is 30.5 Å². The van der Waals surface area contributed by atoms with Crippen molar-refractivity contribution in [1.29, 1.82) is 0 Å². The molecular formula is C34H74O4S3Si2. The maximum atomic E-state index is 6.72. The van der Waals surface area contributed by atoms with E-state index in [0.717, 1.165) is 63.6 Å². The number of hydrogen-bond donors (Lipinski definition) is 0. The third-order valence-corrected chi connectivity index (χ3v) is 17.5. The van der Waals surface area contributed by atoms with Gasteiger partial charge in [0.1, 0.15) is 0 Å². The van der Waals surface area contributed by atoms with Crippen LogP contribution in [0.25, 0.3) is 0 Å². The van der Waals surface area contributed by atoms with Crippen molar-refractivity contribution < 1.29 is 18.9 Å². The summed E-state index contributed by atoms with van der Waals surface area (Å²) >= 11 is 0. The Bertz CT molecular complexity index is 455. The third kappa shape index (κ3) is 26.0. The molecule has 0 aromatic rings.